The van der Waals surface area contributed by atoms with E-state index in [-0.39, 0.29) is 18.3 Å². The summed E-state index contributed by atoms with van der Waals surface area (Å²) in [5.41, 5.74) is 7.52. The van der Waals surface area contributed by atoms with Crippen molar-refractivity contribution in [2.75, 3.05) is 6.61 Å². The SMILES string of the molecule is CCC(C)C(NC(=O)C(N)C(C)C)C(=O)NC(Cc1c[nH]c2ccccc12)C(=O)NC(CO)C(=O)O. The van der Waals surface area contributed by atoms with Crippen molar-refractivity contribution in [3.8, 4) is 0 Å². The minimum absolute atomic E-state index is 0.0477. The lowest BCUT2D eigenvalue weighted by atomic mass is 9.96. The first-order valence-electron chi connectivity index (χ1n) is 12.0. The highest BCUT2D eigenvalue weighted by atomic mass is 16.4. The number of aromatic nitrogens is 1. The highest BCUT2D eigenvalue weighted by Crippen LogP contribution is 2.19. The first-order chi connectivity index (χ1) is 17.0. The molecule has 5 atom stereocenters. The standard InChI is InChI=1S/C25H37N5O6/c1-5-14(4)21(30-23(33)20(26)13(2)3)24(34)28-18(22(32)29-19(12-31)25(35)36)10-15-11-27-17-9-7-6-8-16(15)17/h6-9,11,13-14,18-21,27,31H,5,10,12,26H2,1-4H3,(H,28,34)(H,29,32)(H,30,33)(H,35,36). The second-order valence-electron chi connectivity index (χ2n) is 9.35. The van der Waals surface area contributed by atoms with Crippen molar-refractivity contribution in [3.63, 3.8) is 0 Å². The predicted molar refractivity (Wildman–Crippen MR) is 135 cm³/mol. The molecule has 0 spiro atoms. The van der Waals surface area contributed by atoms with Gasteiger partial charge in [0.25, 0.3) is 0 Å². The molecule has 0 bridgehead atoms. The Kier molecular flexibility index (Phi) is 10.4. The Morgan fingerprint density at radius 3 is 2.19 bits per heavy atom. The number of aliphatic carboxylic acids is 1. The number of carboxylic acids is 1. The van der Waals surface area contributed by atoms with Gasteiger partial charge in [-0.25, -0.2) is 4.79 Å². The number of aliphatic hydroxyl groups excluding tert-OH is 1. The van der Waals surface area contributed by atoms with Crippen LogP contribution in [0.3, 0.4) is 0 Å². The van der Waals surface area contributed by atoms with Gasteiger partial charge in [0, 0.05) is 23.5 Å². The summed E-state index contributed by atoms with van der Waals surface area (Å²) >= 11 is 0. The van der Waals surface area contributed by atoms with Gasteiger partial charge < -0.3 is 36.9 Å². The van der Waals surface area contributed by atoms with Crippen molar-refractivity contribution in [3.05, 3.63) is 36.0 Å². The minimum Gasteiger partial charge on any atom is -0.480 e. The number of fused-ring (bicyclic) bond motifs is 1. The van der Waals surface area contributed by atoms with Crippen molar-refractivity contribution in [2.24, 2.45) is 17.6 Å². The van der Waals surface area contributed by atoms with Crippen molar-refractivity contribution in [2.45, 2.75) is 64.7 Å². The van der Waals surface area contributed by atoms with Gasteiger partial charge in [-0.15, -0.1) is 0 Å². The van der Waals surface area contributed by atoms with Crippen LogP contribution in [-0.4, -0.2) is 69.7 Å². The molecule has 2 rings (SSSR count). The number of amides is 3. The summed E-state index contributed by atoms with van der Waals surface area (Å²) in [6.45, 7) is 6.45. The summed E-state index contributed by atoms with van der Waals surface area (Å²) in [6, 6.07) is 2.95. The summed E-state index contributed by atoms with van der Waals surface area (Å²) < 4.78 is 0. The van der Waals surface area contributed by atoms with Gasteiger partial charge in [-0.05, 0) is 23.5 Å². The Bertz CT molecular complexity index is 1070. The molecular weight excluding hydrogens is 466 g/mol. The van der Waals surface area contributed by atoms with Crippen LogP contribution in [-0.2, 0) is 25.6 Å². The van der Waals surface area contributed by atoms with E-state index in [0.29, 0.717) is 6.42 Å². The first kappa shape index (κ1) is 28.8. The molecule has 0 saturated heterocycles. The number of aromatic amines is 1. The van der Waals surface area contributed by atoms with Crippen LogP contribution in [0.5, 0.6) is 0 Å². The topological polar surface area (TPSA) is 187 Å². The molecule has 2 aromatic rings. The van der Waals surface area contributed by atoms with E-state index in [2.05, 4.69) is 20.9 Å². The highest BCUT2D eigenvalue weighted by molar-refractivity contribution is 5.95. The van der Waals surface area contributed by atoms with Gasteiger partial charge in [-0.3, -0.25) is 14.4 Å². The number of aliphatic hydroxyl groups is 1. The molecule has 0 saturated carbocycles. The third-order valence-electron chi connectivity index (χ3n) is 6.34. The smallest absolute Gasteiger partial charge is 0.328 e. The van der Waals surface area contributed by atoms with E-state index in [9.17, 15) is 29.4 Å². The average molecular weight is 504 g/mol. The molecule has 198 valence electrons. The van der Waals surface area contributed by atoms with Crippen LogP contribution in [0.1, 0.15) is 39.7 Å². The number of nitrogens with two attached hydrogens (primary N) is 1. The first-order valence-corrected chi connectivity index (χ1v) is 12.0. The maximum atomic E-state index is 13.3. The van der Waals surface area contributed by atoms with Gasteiger partial charge in [0.2, 0.25) is 17.7 Å². The van der Waals surface area contributed by atoms with Crippen LogP contribution >= 0.6 is 0 Å². The van der Waals surface area contributed by atoms with Gasteiger partial charge in [-0.1, -0.05) is 52.3 Å². The lowest BCUT2D eigenvalue weighted by Crippen LogP contribution is -2.59. The lowest BCUT2D eigenvalue weighted by Gasteiger charge is -2.28. The molecular formula is C25H37N5O6. The van der Waals surface area contributed by atoms with E-state index in [1.807, 2.05) is 31.2 Å². The fourth-order valence-corrected chi connectivity index (χ4v) is 3.70. The average Bonchev–Trinajstić information content (AvgIpc) is 3.26. The lowest BCUT2D eigenvalue weighted by molar-refractivity contribution is -0.143. The zero-order valence-electron chi connectivity index (χ0n) is 21.1. The van der Waals surface area contributed by atoms with Gasteiger partial charge in [0.15, 0.2) is 0 Å². The molecule has 5 unspecified atom stereocenters. The van der Waals surface area contributed by atoms with E-state index < -0.39 is 54.5 Å². The summed E-state index contributed by atoms with van der Waals surface area (Å²) in [4.78, 5) is 53.5. The molecule has 3 amide bonds. The molecule has 11 nitrogen and oxygen atoms in total. The van der Waals surface area contributed by atoms with E-state index in [0.717, 1.165) is 16.5 Å². The highest BCUT2D eigenvalue weighted by Gasteiger charge is 2.33. The maximum absolute atomic E-state index is 13.3. The molecule has 1 aromatic heterocycles. The molecule has 0 aliphatic rings. The minimum atomic E-state index is -1.53. The number of rotatable bonds is 13. The van der Waals surface area contributed by atoms with Crippen LogP contribution in [0.25, 0.3) is 10.9 Å². The van der Waals surface area contributed by atoms with Gasteiger partial charge >= 0.3 is 5.97 Å². The Hall–Kier alpha value is -3.44. The van der Waals surface area contributed by atoms with Crippen LogP contribution in [0.15, 0.2) is 30.5 Å². The normalized spacial score (nSPS) is 15.5. The van der Waals surface area contributed by atoms with Crippen LogP contribution in [0.2, 0.25) is 0 Å². The fourth-order valence-electron chi connectivity index (χ4n) is 3.70. The number of carboxylic acid groups (broad SMARTS) is 1. The number of nitrogens with one attached hydrogen (secondary N) is 4. The van der Waals surface area contributed by atoms with Crippen LogP contribution < -0.4 is 21.7 Å². The fraction of sp³-hybridized carbons (Fsp3) is 0.520. The van der Waals surface area contributed by atoms with Crippen molar-refractivity contribution in [1.29, 1.82) is 0 Å². The monoisotopic (exact) mass is 503 g/mol. The molecule has 0 fully saturated rings. The summed E-state index contributed by atoms with van der Waals surface area (Å²) in [6.07, 6.45) is 2.33. The maximum Gasteiger partial charge on any atom is 0.328 e. The quantitative estimate of drug-likeness (QED) is 0.204. The second-order valence-corrected chi connectivity index (χ2v) is 9.35. The Labute approximate surface area is 210 Å². The molecule has 11 heteroatoms. The number of H-pyrrole nitrogens is 1. The predicted octanol–water partition coefficient (Wildman–Crippen LogP) is 0.271. The zero-order chi connectivity index (χ0) is 27.0. The van der Waals surface area contributed by atoms with Crippen molar-refractivity contribution in [1.82, 2.24) is 20.9 Å². The largest absolute Gasteiger partial charge is 0.480 e. The Morgan fingerprint density at radius 1 is 0.972 bits per heavy atom. The van der Waals surface area contributed by atoms with E-state index in [1.54, 1.807) is 27.0 Å². The van der Waals surface area contributed by atoms with Gasteiger partial charge in [-0.2, -0.15) is 0 Å². The molecule has 0 radical (unpaired) electrons. The zero-order valence-corrected chi connectivity index (χ0v) is 21.1. The third-order valence-corrected chi connectivity index (χ3v) is 6.34. The molecule has 36 heavy (non-hydrogen) atoms. The Balaban J connectivity index is 2.33. The second kappa shape index (κ2) is 13.0. The summed E-state index contributed by atoms with van der Waals surface area (Å²) in [7, 11) is 0. The van der Waals surface area contributed by atoms with Crippen LogP contribution in [0.4, 0.5) is 0 Å². The molecule has 8 N–H and O–H groups in total. The summed E-state index contributed by atoms with van der Waals surface area (Å²) in [5, 5.41) is 27.1. The number of carbonyl (C=O) groups excluding carboxylic acids is 3. The number of hydrogen-bond donors (Lipinski definition) is 7. The van der Waals surface area contributed by atoms with E-state index >= 15 is 0 Å². The number of benzene rings is 1. The van der Waals surface area contributed by atoms with E-state index in [4.69, 9.17) is 5.73 Å². The molecule has 0 aliphatic heterocycles. The third kappa shape index (κ3) is 7.28. The van der Waals surface area contributed by atoms with Crippen LogP contribution in [0, 0.1) is 11.8 Å². The van der Waals surface area contributed by atoms with E-state index in [1.165, 1.54) is 0 Å². The van der Waals surface area contributed by atoms with Crippen molar-refractivity contribution >= 4 is 34.6 Å². The molecule has 0 aliphatic carbocycles. The molecule has 1 heterocycles. The molecule has 1 aromatic carbocycles. The number of para-hydroxylation sites is 1. The van der Waals surface area contributed by atoms with Gasteiger partial charge in [0.05, 0.1) is 12.6 Å². The Morgan fingerprint density at radius 2 is 1.61 bits per heavy atom. The number of carbonyl (C=O) groups is 4. The summed E-state index contributed by atoms with van der Waals surface area (Å²) in [5.74, 6) is -3.66. The van der Waals surface area contributed by atoms with Crippen molar-refractivity contribution < 1.29 is 29.4 Å². The van der Waals surface area contributed by atoms with Gasteiger partial charge in [0.1, 0.15) is 18.1 Å². The number of hydrogen-bond acceptors (Lipinski definition) is 6.